The molecule has 2 fully saturated rings. The molecule has 152 valence electrons. The summed E-state index contributed by atoms with van der Waals surface area (Å²) in [5.41, 5.74) is 4.42. The normalized spacial score (nSPS) is 25.6. The van der Waals surface area contributed by atoms with E-state index >= 15 is 0 Å². The summed E-state index contributed by atoms with van der Waals surface area (Å²) in [5.74, 6) is 1.58. The lowest BCUT2D eigenvalue weighted by atomic mass is 9.80. The Balaban J connectivity index is 1.55. The van der Waals surface area contributed by atoms with E-state index < -0.39 is 0 Å². The second kappa shape index (κ2) is 7.38. The van der Waals surface area contributed by atoms with Gasteiger partial charge in [0.15, 0.2) is 0 Å². The van der Waals surface area contributed by atoms with Gasteiger partial charge in [-0.15, -0.1) is 0 Å². The zero-order chi connectivity index (χ0) is 20.0. The Morgan fingerprint density at radius 2 is 2.00 bits per heavy atom. The summed E-state index contributed by atoms with van der Waals surface area (Å²) in [5, 5.41) is 13.5. The molecule has 0 spiro atoms. The lowest BCUT2D eigenvalue weighted by Crippen LogP contribution is -2.45. The van der Waals surface area contributed by atoms with Crippen LogP contribution in [0, 0.1) is 11.8 Å². The first-order valence-electron chi connectivity index (χ1n) is 10.7. The maximum atomic E-state index is 13.2. The number of fused-ring (bicyclic) bond motifs is 3. The van der Waals surface area contributed by atoms with Crippen molar-refractivity contribution in [3.8, 4) is 16.9 Å². The molecule has 2 aliphatic heterocycles. The molecule has 0 radical (unpaired) electrons. The Hall–Kier alpha value is -2.53. The molecule has 5 heteroatoms. The summed E-state index contributed by atoms with van der Waals surface area (Å²) >= 11 is 0. The number of methoxy groups -OCH3 is 1. The number of aliphatic hydroxyl groups excluding tert-OH is 1. The number of anilines is 1. The van der Waals surface area contributed by atoms with Crippen molar-refractivity contribution in [3.05, 3.63) is 48.0 Å². The number of amides is 1. The number of hydrogen-bond donors (Lipinski definition) is 2. The molecule has 5 rings (SSSR count). The number of carbonyl (C=O) groups excluding carboxylic acids is 1. The van der Waals surface area contributed by atoms with Crippen LogP contribution < -0.4 is 10.1 Å². The number of ether oxygens (including phenoxy) is 1. The van der Waals surface area contributed by atoms with Crippen LogP contribution in [0.5, 0.6) is 5.75 Å². The SMILES string of the molecule is COc1cccc(-c2ccc3c(c2)[C@@H]2[C@@H](CCN2C(=O)C2CCC2)[C@H](CO)N3)c1. The van der Waals surface area contributed by atoms with Gasteiger partial charge in [0, 0.05) is 24.1 Å². The molecule has 29 heavy (non-hydrogen) atoms. The predicted molar refractivity (Wildman–Crippen MR) is 113 cm³/mol. The molecule has 1 saturated carbocycles. The largest absolute Gasteiger partial charge is 0.497 e. The standard InChI is InChI=1S/C24H28N2O3/c1-29-18-7-3-6-16(12-18)17-8-9-21-20(13-17)23-19(22(14-27)25-21)10-11-26(23)24(28)15-4-2-5-15/h3,6-9,12-13,15,19,22-23,25,27H,2,4-5,10-11,14H2,1H3/t19-,22-,23-/m0/s1. The quantitative estimate of drug-likeness (QED) is 0.830. The van der Waals surface area contributed by atoms with Crippen molar-refractivity contribution < 1.29 is 14.6 Å². The number of benzene rings is 2. The fraction of sp³-hybridized carbons (Fsp3) is 0.458. The summed E-state index contributed by atoms with van der Waals surface area (Å²) in [6, 6.07) is 14.5. The summed E-state index contributed by atoms with van der Waals surface area (Å²) in [6.07, 6.45) is 4.14. The number of aliphatic hydroxyl groups is 1. The molecule has 2 N–H and O–H groups in total. The molecular weight excluding hydrogens is 364 g/mol. The van der Waals surface area contributed by atoms with Gasteiger partial charge < -0.3 is 20.1 Å². The lowest BCUT2D eigenvalue weighted by Gasteiger charge is -2.41. The van der Waals surface area contributed by atoms with E-state index in [1.54, 1.807) is 7.11 Å². The number of nitrogens with one attached hydrogen (secondary N) is 1. The van der Waals surface area contributed by atoms with Crippen molar-refractivity contribution in [2.75, 3.05) is 25.6 Å². The van der Waals surface area contributed by atoms with Gasteiger partial charge in [0.2, 0.25) is 5.91 Å². The molecule has 2 heterocycles. The predicted octanol–water partition coefficient (Wildman–Crippen LogP) is 3.84. The second-order valence-electron chi connectivity index (χ2n) is 8.52. The maximum absolute atomic E-state index is 13.2. The van der Waals surface area contributed by atoms with Gasteiger partial charge in [-0.2, -0.15) is 0 Å². The minimum absolute atomic E-state index is 0.00522. The highest BCUT2D eigenvalue weighted by Crippen LogP contribution is 2.48. The van der Waals surface area contributed by atoms with E-state index in [0.29, 0.717) is 5.91 Å². The molecule has 5 nitrogen and oxygen atoms in total. The summed E-state index contributed by atoms with van der Waals surface area (Å²) in [4.78, 5) is 15.3. The van der Waals surface area contributed by atoms with Crippen molar-refractivity contribution in [1.29, 1.82) is 0 Å². The average molecular weight is 392 g/mol. The van der Waals surface area contributed by atoms with E-state index in [0.717, 1.165) is 54.8 Å². The van der Waals surface area contributed by atoms with Crippen LogP contribution in [-0.2, 0) is 4.79 Å². The molecule has 3 atom stereocenters. The number of carbonyl (C=O) groups is 1. The van der Waals surface area contributed by atoms with Crippen molar-refractivity contribution in [2.24, 2.45) is 11.8 Å². The highest BCUT2D eigenvalue weighted by molar-refractivity contribution is 5.81. The maximum Gasteiger partial charge on any atom is 0.226 e. The fourth-order valence-electron chi connectivity index (χ4n) is 5.18. The molecule has 2 aromatic rings. The van der Waals surface area contributed by atoms with Crippen LogP contribution in [-0.4, -0.2) is 42.2 Å². The van der Waals surface area contributed by atoms with Crippen LogP contribution in [0.2, 0.25) is 0 Å². The average Bonchev–Trinajstić information content (AvgIpc) is 3.17. The van der Waals surface area contributed by atoms with Crippen LogP contribution in [0.4, 0.5) is 5.69 Å². The van der Waals surface area contributed by atoms with Gasteiger partial charge in [0.1, 0.15) is 5.75 Å². The smallest absolute Gasteiger partial charge is 0.226 e. The molecule has 1 saturated heterocycles. The number of likely N-dealkylation sites (tertiary alicyclic amines) is 1. The summed E-state index contributed by atoms with van der Waals surface area (Å²) < 4.78 is 5.39. The molecule has 0 aromatic heterocycles. The van der Waals surface area contributed by atoms with Gasteiger partial charge in [-0.3, -0.25) is 4.79 Å². The van der Waals surface area contributed by atoms with Crippen LogP contribution in [0.25, 0.3) is 11.1 Å². The third-order valence-corrected chi connectivity index (χ3v) is 7.01. The Morgan fingerprint density at radius 1 is 1.17 bits per heavy atom. The monoisotopic (exact) mass is 392 g/mol. The molecule has 3 aliphatic rings. The van der Waals surface area contributed by atoms with E-state index in [1.165, 1.54) is 5.56 Å². The van der Waals surface area contributed by atoms with Crippen LogP contribution in [0.3, 0.4) is 0 Å². The third-order valence-electron chi connectivity index (χ3n) is 7.01. The van der Waals surface area contributed by atoms with Crippen LogP contribution >= 0.6 is 0 Å². The van der Waals surface area contributed by atoms with E-state index in [-0.39, 0.29) is 30.5 Å². The van der Waals surface area contributed by atoms with Crippen LogP contribution in [0.15, 0.2) is 42.5 Å². The molecule has 2 aromatic carbocycles. The van der Waals surface area contributed by atoms with Crippen LogP contribution in [0.1, 0.15) is 37.3 Å². The first-order valence-corrected chi connectivity index (χ1v) is 10.7. The minimum Gasteiger partial charge on any atom is -0.497 e. The molecule has 0 bridgehead atoms. The Bertz CT molecular complexity index is 924. The van der Waals surface area contributed by atoms with Gasteiger partial charge in [-0.05, 0) is 60.2 Å². The van der Waals surface area contributed by atoms with Crippen molar-refractivity contribution >= 4 is 11.6 Å². The van der Waals surface area contributed by atoms with Crippen molar-refractivity contribution in [3.63, 3.8) is 0 Å². The molecule has 1 aliphatic carbocycles. The third kappa shape index (κ3) is 3.08. The highest BCUT2D eigenvalue weighted by Gasteiger charge is 2.47. The zero-order valence-electron chi connectivity index (χ0n) is 16.8. The minimum atomic E-state index is -0.00522. The van der Waals surface area contributed by atoms with Gasteiger partial charge in [0.25, 0.3) is 0 Å². The Labute approximate surface area is 171 Å². The topological polar surface area (TPSA) is 61.8 Å². The zero-order valence-corrected chi connectivity index (χ0v) is 16.8. The first-order chi connectivity index (χ1) is 14.2. The Morgan fingerprint density at radius 3 is 2.72 bits per heavy atom. The summed E-state index contributed by atoms with van der Waals surface area (Å²) in [6.45, 7) is 0.870. The molecule has 1 amide bonds. The highest BCUT2D eigenvalue weighted by atomic mass is 16.5. The lowest BCUT2D eigenvalue weighted by molar-refractivity contribution is -0.139. The Kier molecular flexibility index (Phi) is 4.70. The molecule has 0 unspecified atom stereocenters. The van der Waals surface area contributed by atoms with Crippen molar-refractivity contribution in [2.45, 2.75) is 37.8 Å². The van der Waals surface area contributed by atoms with E-state index in [2.05, 4.69) is 34.5 Å². The fourth-order valence-corrected chi connectivity index (χ4v) is 5.18. The van der Waals surface area contributed by atoms with E-state index in [9.17, 15) is 9.90 Å². The number of hydrogen-bond acceptors (Lipinski definition) is 4. The summed E-state index contributed by atoms with van der Waals surface area (Å²) in [7, 11) is 1.68. The first kappa shape index (κ1) is 18.5. The van der Waals surface area contributed by atoms with Gasteiger partial charge in [-0.1, -0.05) is 24.6 Å². The van der Waals surface area contributed by atoms with Gasteiger partial charge in [-0.25, -0.2) is 0 Å². The van der Waals surface area contributed by atoms with Crippen molar-refractivity contribution in [1.82, 2.24) is 4.90 Å². The van der Waals surface area contributed by atoms with Gasteiger partial charge >= 0.3 is 0 Å². The van der Waals surface area contributed by atoms with Gasteiger partial charge in [0.05, 0.1) is 25.8 Å². The molecular formula is C24H28N2O3. The number of nitrogens with zero attached hydrogens (tertiary/aromatic N) is 1. The second-order valence-corrected chi connectivity index (χ2v) is 8.52. The van der Waals surface area contributed by atoms with E-state index in [4.69, 9.17) is 4.74 Å². The number of rotatable bonds is 4. The van der Waals surface area contributed by atoms with E-state index in [1.807, 2.05) is 18.2 Å².